The van der Waals surface area contributed by atoms with Crippen molar-refractivity contribution in [2.45, 2.75) is 13.3 Å². The molecule has 0 unspecified atom stereocenters. The summed E-state index contributed by atoms with van der Waals surface area (Å²) in [6, 6.07) is 0. The lowest BCUT2D eigenvalue weighted by molar-refractivity contribution is 0.514. The summed E-state index contributed by atoms with van der Waals surface area (Å²) in [6.07, 6.45) is 3.02. The van der Waals surface area contributed by atoms with Crippen LogP contribution in [0.4, 0.5) is 0 Å². The maximum atomic E-state index is 3.86. The number of hydrogen-bond acceptors (Lipinski definition) is 1. The Bertz CT molecular complexity index is 68.9. The molecule has 0 aliphatic carbocycles. The van der Waals surface area contributed by atoms with Crippen LogP contribution in [0.2, 0.25) is 0 Å². The van der Waals surface area contributed by atoms with Crippen LogP contribution in [0.1, 0.15) is 13.3 Å². The van der Waals surface area contributed by atoms with Crippen molar-refractivity contribution in [2.75, 3.05) is 20.6 Å². The van der Waals surface area contributed by atoms with Crippen LogP contribution in [-0.2, 0) is 0 Å². The summed E-state index contributed by atoms with van der Waals surface area (Å²) >= 11 is 0. The smallest absolute Gasteiger partial charge is 0.0843 e. The van der Waals surface area contributed by atoms with Crippen LogP contribution >= 0.6 is 0 Å². The average Bonchev–Trinajstić information content (AvgIpc) is 1.68. The van der Waals surface area contributed by atoms with Gasteiger partial charge in [0.15, 0.2) is 0 Å². The van der Waals surface area contributed by atoms with Crippen LogP contribution in [0, 0.1) is 0 Å². The van der Waals surface area contributed by atoms with Gasteiger partial charge in [-0.3, -0.25) is 4.99 Å². The molecule has 8 heavy (non-hydrogen) atoms. The predicted molar refractivity (Wildman–Crippen MR) is 37.3 cm³/mol. The number of hydrogen-bond donors (Lipinski definition) is 0. The van der Waals surface area contributed by atoms with Crippen molar-refractivity contribution in [1.82, 2.24) is 4.90 Å². The topological polar surface area (TPSA) is 15.6 Å². The minimum absolute atomic E-state index is 1.09. The van der Waals surface area contributed by atoms with E-state index in [9.17, 15) is 0 Å². The highest BCUT2D eigenvalue weighted by Crippen LogP contribution is 1.79. The van der Waals surface area contributed by atoms with Crippen molar-refractivity contribution in [3.05, 3.63) is 0 Å². The Kier molecular flexibility index (Phi) is 4.32. The van der Waals surface area contributed by atoms with Gasteiger partial charge in [-0.25, -0.2) is 0 Å². The lowest BCUT2D eigenvalue weighted by Crippen LogP contribution is -2.16. The molecule has 0 aromatic rings. The first-order valence-corrected chi connectivity index (χ1v) is 2.93. The van der Waals surface area contributed by atoms with E-state index >= 15 is 0 Å². The highest BCUT2D eigenvalue weighted by molar-refractivity contribution is 5.53. The van der Waals surface area contributed by atoms with E-state index in [1.807, 2.05) is 13.4 Å². The van der Waals surface area contributed by atoms with Gasteiger partial charge in [0, 0.05) is 20.6 Å². The molecule has 0 fully saturated rings. The highest BCUT2D eigenvalue weighted by atomic mass is 15.1. The van der Waals surface area contributed by atoms with Crippen molar-refractivity contribution in [1.29, 1.82) is 0 Å². The van der Waals surface area contributed by atoms with E-state index < -0.39 is 0 Å². The fourth-order valence-corrected chi connectivity index (χ4v) is 0.608. The van der Waals surface area contributed by atoms with Gasteiger partial charge in [-0.15, -0.1) is 0 Å². The molecule has 0 bridgehead atoms. The molecule has 0 atom stereocenters. The first kappa shape index (κ1) is 7.47. The fraction of sp³-hybridized carbons (Fsp3) is 0.833. The Morgan fingerprint density at radius 2 is 2.25 bits per heavy atom. The minimum atomic E-state index is 1.09. The zero-order chi connectivity index (χ0) is 6.41. The Balaban J connectivity index is 3.17. The van der Waals surface area contributed by atoms with E-state index in [0.29, 0.717) is 0 Å². The first-order chi connectivity index (χ1) is 3.81. The number of rotatable bonds is 3. The van der Waals surface area contributed by atoms with Crippen LogP contribution in [0.3, 0.4) is 0 Å². The third kappa shape index (κ3) is 3.65. The maximum absolute atomic E-state index is 3.86. The molecule has 0 spiro atoms. The SMILES string of the molecule is CCCN(C)C=NC. The molecule has 0 N–H and O–H groups in total. The molecule has 0 aromatic carbocycles. The van der Waals surface area contributed by atoms with Gasteiger partial charge in [-0.2, -0.15) is 0 Å². The number of nitrogens with zero attached hydrogens (tertiary/aromatic N) is 2. The van der Waals surface area contributed by atoms with Gasteiger partial charge in [0.25, 0.3) is 0 Å². The summed E-state index contributed by atoms with van der Waals surface area (Å²) in [5.41, 5.74) is 0. The molecular formula is C6H14N2. The average molecular weight is 114 g/mol. The molecular weight excluding hydrogens is 100 g/mol. The Morgan fingerprint density at radius 1 is 1.62 bits per heavy atom. The number of aliphatic imine (C=N–C) groups is 1. The van der Waals surface area contributed by atoms with Gasteiger partial charge in [-0.05, 0) is 6.42 Å². The summed E-state index contributed by atoms with van der Waals surface area (Å²) in [7, 11) is 3.81. The van der Waals surface area contributed by atoms with Crippen molar-refractivity contribution < 1.29 is 0 Å². The van der Waals surface area contributed by atoms with Crippen molar-refractivity contribution >= 4 is 6.34 Å². The molecule has 0 rings (SSSR count). The second-order valence-corrected chi connectivity index (χ2v) is 1.85. The van der Waals surface area contributed by atoms with Crippen molar-refractivity contribution in [3.8, 4) is 0 Å². The van der Waals surface area contributed by atoms with Crippen LogP contribution < -0.4 is 0 Å². The summed E-state index contributed by atoms with van der Waals surface area (Å²) in [6.45, 7) is 3.25. The summed E-state index contributed by atoms with van der Waals surface area (Å²) in [5.74, 6) is 0. The van der Waals surface area contributed by atoms with E-state index in [-0.39, 0.29) is 0 Å². The standard InChI is InChI=1S/C6H14N2/c1-4-5-8(3)6-7-2/h6H,4-5H2,1-3H3. The summed E-state index contributed by atoms with van der Waals surface area (Å²) in [4.78, 5) is 5.92. The van der Waals surface area contributed by atoms with E-state index in [1.165, 1.54) is 6.42 Å². The van der Waals surface area contributed by atoms with Gasteiger partial charge in [0.1, 0.15) is 0 Å². The van der Waals surface area contributed by atoms with Crippen LogP contribution in [0.25, 0.3) is 0 Å². The Morgan fingerprint density at radius 3 is 2.62 bits per heavy atom. The molecule has 0 aromatic heterocycles. The molecule has 0 radical (unpaired) electrons. The maximum Gasteiger partial charge on any atom is 0.0843 e. The molecule has 2 nitrogen and oxygen atoms in total. The Labute approximate surface area is 51.2 Å². The predicted octanol–water partition coefficient (Wildman–Crippen LogP) is 0.986. The first-order valence-electron chi connectivity index (χ1n) is 2.93. The zero-order valence-electron chi connectivity index (χ0n) is 5.89. The van der Waals surface area contributed by atoms with E-state index in [4.69, 9.17) is 0 Å². The molecule has 0 amide bonds. The van der Waals surface area contributed by atoms with Crippen molar-refractivity contribution in [2.24, 2.45) is 4.99 Å². The molecule has 0 heterocycles. The van der Waals surface area contributed by atoms with Gasteiger partial charge >= 0.3 is 0 Å². The van der Waals surface area contributed by atoms with Gasteiger partial charge in [-0.1, -0.05) is 6.92 Å². The Hall–Kier alpha value is -0.530. The third-order valence-electron chi connectivity index (χ3n) is 0.889. The zero-order valence-corrected chi connectivity index (χ0v) is 5.89. The lowest BCUT2D eigenvalue weighted by Gasteiger charge is -2.08. The molecule has 0 aliphatic rings. The minimum Gasteiger partial charge on any atom is -0.366 e. The molecule has 48 valence electrons. The molecule has 0 aliphatic heterocycles. The van der Waals surface area contributed by atoms with Gasteiger partial charge < -0.3 is 4.90 Å². The molecule has 2 heteroatoms. The third-order valence-corrected chi connectivity index (χ3v) is 0.889. The largest absolute Gasteiger partial charge is 0.366 e. The second kappa shape index (κ2) is 4.62. The molecule has 0 saturated carbocycles. The summed E-state index contributed by atoms with van der Waals surface area (Å²) in [5, 5.41) is 0. The van der Waals surface area contributed by atoms with Crippen LogP contribution in [0.15, 0.2) is 4.99 Å². The lowest BCUT2D eigenvalue weighted by atomic mass is 10.5. The van der Waals surface area contributed by atoms with Crippen molar-refractivity contribution in [3.63, 3.8) is 0 Å². The van der Waals surface area contributed by atoms with Gasteiger partial charge in [0.05, 0.1) is 6.34 Å². The monoisotopic (exact) mass is 114 g/mol. The normalized spacial score (nSPS) is 10.4. The van der Waals surface area contributed by atoms with E-state index in [1.54, 1.807) is 7.05 Å². The van der Waals surface area contributed by atoms with Gasteiger partial charge in [0.2, 0.25) is 0 Å². The highest BCUT2D eigenvalue weighted by Gasteiger charge is 1.83. The second-order valence-electron chi connectivity index (χ2n) is 1.85. The van der Waals surface area contributed by atoms with E-state index in [0.717, 1.165) is 6.54 Å². The quantitative estimate of drug-likeness (QED) is 0.394. The summed E-state index contributed by atoms with van der Waals surface area (Å²) < 4.78 is 0. The molecule has 0 saturated heterocycles. The van der Waals surface area contributed by atoms with Crippen LogP contribution in [0.5, 0.6) is 0 Å². The van der Waals surface area contributed by atoms with E-state index in [2.05, 4.69) is 16.8 Å². The fourth-order valence-electron chi connectivity index (χ4n) is 0.608. The van der Waals surface area contributed by atoms with Crippen LogP contribution in [-0.4, -0.2) is 31.9 Å².